The fourth-order valence-electron chi connectivity index (χ4n) is 1.27. The molecule has 0 aliphatic carbocycles. The molecule has 0 spiro atoms. The van der Waals surface area contributed by atoms with Crippen LogP contribution in [-0.4, -0.2) is 19.0 Å². The average Bonchev–Trinajstić information content (AvgIpc) is 2.21. The van der Waals surface area contributed by atoms with Crippen LogP contribution in [0.15, 0.2) is 24.3 Å². The smallest absolute Gasteiger partial charge is 0.151 e. The van der Waals surface area contributed by atoms with E-state index in [0.29, 0.717) is 6.42 Å². The van der Waals surface area contributed by atoms with Gasteiger partial charge in [-0.3, -0.25) is 0 Å². The van der Waals surface area contributed by atoms with E-state index in [0.717, 1.165) is 11.8 Å². The molecule has 1 aromatic rings. The highest BCUT2D eigenvalue weighted by Crippen LogP contribution is 2.14. The Balaban J connectivity index is 2.77. The molecule has 0 saturated carbocycles. The van der Waals surface area contributed by atoms with Gasteiger partial charge in [0.05, 0.1) is 0 Å². The number of benzene rings is 1. The minimum atomic E-state index is -0.699. The monoisotopic (exact) mass is 192 g/mol. The molecule has 0 N–H and O–H groups in total. The van der Waals surface area contributed by atoms with Crippen LogP contribution in [0.25, 0.3) is 0 Å². The Bertz CT molecular complexity index is 303. The van der Waals surface area contributed by atoms with Gasteiger partial charge in [-0.05, 0) is 19.4 Å². The fourth-order valence-corrected chi connectivity index (χ4v) is 1.27. The summed E-state index contributed by atoms with van der Waals surface area (Å²) in [5, 5.41) is 0. The molecule has 0 aromatic heterocycles. The van der Waals surface area contributed by atoms with Crippen molar-refractivity contribution in [3.8, 4) is 0 Å². The summed E-state index contributed by atoms with van der Waals surface area (Å²) < 4.78 is 5.15. The van der Waals surface area contributed by atoms with E-state index >= 15 is 0 Å². The van der Waals surface area contributed by atoms with E-state index < -0.39 is 5.60 Å². The van der Waals surface area contributed by atoms with Crippen LogP contribution in [0.1, 0.15) is 18.1 Å². The van der Waals surface area contributed by atoms with Gasteiger partial charge in [0.2, 0.25) is 0 Å². The number of ether oxygens (including phenoxy) is 1. The van der Waals surface area contributed by atoms with Crippen molar-refractivity contribution >= 4 is 6.29 Å². The number of carbonyl (C=O) groups is 1. The molecule has 0 saturated heterocycles. The van der Waals surface area contributed by atoms with E-state index in [1.165, 1.54) is 5.56 Å². The predicted molar refractivity (Wildman–Crippen MR) is 56.4 cm³/mol. The molecule has 1 rings (SSSR count). The summed E-state index contributed by atoms with van der Waals surface area (Å²) in [6.07, 6.45) is 1.47. The second-order valence-corrected chi connectivity index (χ2v) is 3.80. The van der Waals surface area contributed by atoms with Crippen LogP contribution in [0.2, 0.25) is 0 Å². The van der Waals surface area contributed by atoms with E-state index in [9.17, 15) is 4.79 Å². The van der Waals surface area contributed by atoms with Crippen LogP contribution in [0, 0.1) is 6.92 Å². The van der Waals surface area contributed by atoms with Crippen molar-refractivity contribution in [3.05, 3.63) is 35.4 Å². The highest BCUT2D eigenvalue weighted by Gasteiger charge is 2.22. The van der Waals surface area contributed by atoms with Crippen molar-refractivity contribution < 1.29 is 9.53 Å². The number of hydrogen-bond donors (Lipinski definition) is 0. The Morgan fingerprint density at radius 3 is 2.36 bits per heavy atom. The van der Waals surface area contributed by atoms with Crippen molar-refractivity contribution in [2.45, 2.75) is 25.9 Å². The minimum Gasteiger partial charge on any atom is -0.371 e. The molecule has 0 heterocycles. The molecule has 0 aliphatic rings. The molecule has 0 amide bonds. The van der Waals surface area contributed by atoms with Crippen molar-refractivity contribution in [1.82, 2.24) is 0 Å². The zero-order valence-corrected chi connectivity index (χ0v) is 8.91. The van der Waals surface area contributed by atoms with E-state index in [1.807, 2.05) is 31.2 Å². The normalized spacial score (nSPS) is 14.8. The first-order valence-corrected chi connectivity index (χ1v) is 4.67. The maximum Gasteiger partial charge on any atom is 0.151 e. The van der Waals surface area contributed by atoms with Crippen LogP contribution in [0.5, 0.6) is 0 Å². The number of methoxy groups -OCH3 is 1. The third-order valence-electron chi connectivity index (χ3n) is 2.39. The molecule has 0 aliphatic heterocycles. The minimum absolute atomic E-state index is 0.618. The van der Waals surface area contributed by atoms with E-state index in [1.54, 1.807) is 14.0 Å². The molecule has 0 radical (unpaired) electrons. The van der Waals surface area contributed by atoms with Crippen molar-refractivity contribution in [1.29, 1.82) is 0 Å². The maximum atomic E-state index is 10.8. The Labute approximate surface area is 84.9 Å². The Kier molecular flexibility index (Phi) is 3.42. The molecule has 76 valence electrons. The van der Waals surface area contributed by atoms with Gasteiger partial charge in [0, 0.05) is 13.5 Å². The Morgan fingerprint density at radius 1 is 1.36 bits per heavy atom. The molecule has 1 unspecified atom stereocenters. The fraction of sp³-hybridized carbons (Fsp3) is 0.417. The molecule has 1 atom stereocenters. The lowest BCUT2D eigenvalue weighted by Gasteiger charge is -2.21. The maximum absolute atomic E-state index is 10.8. The van der Waals surface area contributed by atoms with Crippen molar-refractivity contribution in [2.75, 3.05) is 7.11 Å². The zero-order chi connectivity index (χ0) is 10.6. The van der Waals surface area contributed by atoms with Crippen LogP contribution in [0.4, 0.5) is 0 Å². The lowest BCUT2D eigenvalue weighted by molar-refractivity contribution is -0.125. The van der Waals surface area contributed by atoms with E-state index in [-0.39, 0.29) is 0 Å². The highest BCUT2D eigenvalue weighted by molar-refractivity contribution is 5.62. The van der Waals surface area contributed by atoms with Gasteiger partial charge in [0.25, 0.3) is 0 Å². The quantitative estimate of drug-likeness (QED) is 0.683. The molecular weight excluding hydrogens is 176 g/mol. The topological polar surface area (TPSA) is 26.3 Å². The van der Waals surface area contributed by atoms with Crippen LogP contribution in [0.3, 0.4) is 0 Å². The number of hydrogen-bond acceptors (Lipinski definition) is 2. The summed E-state index contributed by atoms with van der Waals surface area (Å²) in [5.74, 6) is 0. The number of aryl methyl sites for hydroxylation is 1. The van der Waals surface area contributed by atoms with Gasteiger partial charge in [-0.2, -0.15) is 0 Å². The number of rotatable bonds is 4. The van der Waals surface area contributed by atoms with Gasteiger partial charge in [-0.25, -0.2) is 0 Å². The van der Waals surface area contributed by atoms with Gasteiger partial charge in [-0.15, -0.1) is 0 Å². The Hall–Kier alpha value is -1.15. The molecule has 1 aromatic carbocycles. The largest absolute Gasteiger partial charge is 0.371 e. The van der Waals surface area contributed by atoms with Gasteiger partial charge in [-0.1, -0.05) is 29.8 Å². The van der Waals surface area contributed by atoms with Crippen LogP contribution >= 0.6 is 0 Å². The summed E-state index contributed by atoms with van der Waals surface area (Å²) >= 11 is 0. The Morgan fingerprint density at radius 2 is 1.93 bits per heavy atom. The van der Waals surface area contributed by atoms with E-state index in [4.69, 9.17) is 4.74 Å². The van der Waals surface area contributed by atoms with E-state index in [2.05, 4.69) is 0 Å². The first-order chi connectivity index (χ1) is 6.59. The summed E-state index contributed by atoms with van der Waals surface area (Å²) in [7, 11) is 1.56. The predicted octanol–water partition coefficient (Wildman–Crippen LogP) is 2.14. The first kappa shape index (κ1) is 10.9. The highest BCUT2D eigenvalue weighted by atomic mass is 16.5. The molecule has 2 nitrogen and oxygen atoms in total. The molecule has 0 fully saturated rings. The molecular formula is C12H16O2. The zero-order valence-electron chi connectivity index (χ0n) is 8.91. The SMILES string of the molecule is COC(C)(C=O)Cc1ccc(C)cc1. The van der Waals surface area contributed by atoms with Crippen molar-refractivity contribution in [2.24, 2.45) is 0 Å². The van der Waals surface area contributed by atoms with Gasteiger partial charge in [0.15, 0.2) is 6.29 Å². The first-order valence-electron chi connectivity index (χ1n) is 4.67. The summed E-state index contributed by atoms with van der Waals surface area (Å²) in [6.45, 7) is 3.83. The summed E-state index contributed by atoms with van der Waals surface area (Å²) in [5.41, 5.74) is 1.64. The van der Waals surface area contributed by atoms with Gasteiger partial charge >= 0.3 is 0 Å². The molecule has 0 bridgehead atoms. The lowest BCUT2D eigenvalue weighted by atomic mass is 9.97. The van der Waals surface area contributed by atoms with Crippen LogP contribution < -0.4 is 0 Å². The third kappa shape index (κ3) is 2.67. The van der Waals surface area contributed by atoms with Gasteiger partial charge in [0.1, 0.15) is 5.60 Å². The second-order valence-electron chi connectivity index (χ2n) is 3.80. The van der Waals surface area contributed by atoms with Crippen LogP contribution in [-0.2, 0) is 16.0 Å². The number of carbonyl (C=O) groups excluding carboxylic acids is 1. The summed E-state index contributed by atoms with van der Waals surface area (Å²) in [4.78, 5) is 10.8. The average molecular weight is 192 g/mol. The lowest BCUT2D eigenvalue weighted by Crippen LogP contribution is -2.31. The van der Waals surface area contributed by atoms with Crippen molar-refractivity contribution in [3.63, 3.8) is 0 Å². The summed E-state index contributed by atoms with van der Waals surface area (Å²) in [6, 6.07) is 8.12. The standard InChI is InChI=1S/C12H16O2/c1-10-4-6-11(7-5-10)8-12(2,9-13)14-3/h4-7,9H,8H2,1-3H3. The van der Waals surface area contributed by atoms with Gasteiger partial charge < -0.3 is 9.53 Å². The third-order valence-corrected chi connectivity index (χ3v) is 2.39. The second kappa shape index (κ2) is 4.38. The molecule has 2 heteroatoms. The number of aldehydes is 1. The molecule has 14 heavy (non-hydrogen) atoms.